The second-order valence-corrected chi connectivity index (χ2v) is 5.26. The number of carbonyl (C=O) groups excluding carboxylic acids is 1. The number of urea groups is 1. The SMILES string of the molecule is Cc1cccc(CNC(=O)N2C[C@@H](C)[C@H](C(=O)O)C2)n1. The molecule has 20 heavy (non-hydrogen) atoms. The number of likely N-dealkylation sites (tertiary alicyclic amines) is 1. The Labute approximate surface area is 117 Å². The number of rotatable bonds is 3. The topological polar surface area (TPSA) is 82.5 Å². The van der Waals surface area contributed by atoms with Gasteiger partial charge in [-0.05, 0) is 25.0 Å². The van der Waals surface area contributed by atoms with Crippen LogP contribution < -0.4 is 5.32 Å². The van der Waals surface area contributed by atoms with Crippen LogP contribution in [0.1, 0.15) is 18.3 Å². The van der Waals surface area contributed by atoms with Crippen LogP contribution in [0.25, 0.3) is 0 Å². The number of carboxylic acid groups (broad SMARTS) is 1. The maximum atomic E-state index is 12.0. The Morgan fingerprint density at radius 2 is 2.20 bits per heavy atom. The largest absolute Gasteiger partial charge is 0.481 e. The lowest BCUT2D eigenvalue weighted by Crippen LogP contribution is -2.38. The molecule has 2 heterocycles. The molecule has 2 N–H and O–H groups in total. The molecule has 0 saturated carbocycles. The number of carboxylic acids is 1. The van der Waals surface area contributed by atoms with E-state index in [1.807, 2.05) is 32.0 Å². The molecule has 1 fully saturated rings. The lowest BCUT2D eigenvalue weighted by Gasteiger charge is -2.16. The Kier molecular flexibility index (Phi) is 4.22. The van der Waals surface area contributed by atoms with Crippen molar-refractivity contribution in [1.82, 2.24) is 15.2 Å². The number of aliphatic carboxylic acids is 1. The van der Waals surface area contributed by atoms with E-state index in [-0.39, 0.29) is 18.5 Å². The van der Waals surface area contributed by atoms with Crippen molar-refractivity contribution in [3.63, 3.8) is 0 Å². The van der Waals surface area contributed by atoms with Crippen LogP contribution >= 0.6 is 0 Å². The van der Waals surface area contributed by atoms with Gasteiger partial charge in [-0.2, -0.15) is 0 Å². The number of hydrogen-bond donors (Lipinski definition) is 2. The molecule has 6 nitrogen and oxygen atoms in total. The standard InChI is InChI=1S/C14H19N3O3/c1-9-7-17(8-12(9)13(18)19)14(20)15-6-11-5-3-4-10(2)16-11/h3-5,9,12H,6-8H2,1-2H3,(H,15,20)(H,18,19)/t9-,12-/m1/s1. The smallest absolute Gasteiger partial charge is 0.317 e. The minimum atomic E-state index is -0.840. The van der Waals surface area contributed by atoms with Crippen molar-refractivity contribution in [3.8, 4) is 0 Å². The summed E-state index contributed by atoms with van der Waals surface area (Å²) in [6, 6.07) is 5.40. The summed E-state index contributed by atoms with van der Waals surface area (Å²) in [6.07, 6.45) is 0. The minimum Gasteiger partial charge on any atom is -0.481 e. The molecule has 1 aliphatic heterocycles. The van der Waals surface area contributed by atoms with Gasteiger partial charge in [0.2, 0.25) is 0 Å². The number of amides is 2. The third kappa shape index (κ3) is 3.26. The predicted molar refractivity (Wildman–Crippen MR) is 73.1 cm³/mol. The van der Waals surface area contributed by atoms with Gasteiger partial charge in [-0.3, -0.25) is 9.78 Å². The van der Waals surface area contributed by atoms with Crippen LogP contribution in [0, 0.1) is 18.8 Å². The summed E-state index contributed by atoms with van der Waals surface area (Å²) in [7, 11) is 0. The van der Waals surface area contributed by atoms with Crippen LogP contribution in [0.2, 0.25) is 0 Å². The molecule has 1 aliphatic rings. The summed E-state index contributed by atoms with van der Waals surface area (Å²) in [5, 5.41) is 11.8. The van der Waals surface area contributed by atoms with Crippen LogP contribution in [-0.4, -0.2) is 40.1 Å². The van der Waals surface area contributed by atoms with E-state index in [4.69, 9.17) is 5.11 Å². The molecule has 108 valence electrons. The van der Waals surface area contributed by atoms with Crippen molar-refractivity contribution in [2.45, 2.75) is 20.4 Å². The van der Waals surface area contributed by atoms with Gasteiger partial charge < -0.3 is 15.3 Å². The molecular formula is C14H19N3O3. The molecule has 0 bridgehead atoms. The van der Waals surface area contributed by atoms with Gasteiger partial charge in [0.1, 0.15) is 0 Å². The molecular weight excluding hydrogens is 258 g/mol. The highest BCUT2D eigenvalue weighted by Gasteiger charge is 2.36. The first-order valence-electron chi connectivity index (χ1n) is 6.65. The normalized spacial score (nSPS) is 21.8. The maximum absolute atomic E-state index is 12.0. The number of aromatic nitrogens is 1. The summed E-state index contributed by atoms with van der Waals surface area (Å²) in [5.41, 5.74) is 1.69. The quantitative estimate of drug-likeness (QED) is 0.871. The van der Waals surface area contributed by atoms with Gasteiger partial charge in [0.25, 0.3) is 0 Å². The monoisotopic (exact) mass is 277 g/mol. The van der Waals surface area contributed by atoms with Crippen LogP contribution in [0.3, 0.4) is 0 Å². The molecule has 6 heteroatoms. The molecule has 0 aliphatic carbocycles. The zero-order valence-corrected chi connectivity index (χ0v) is 11.7. The molecule has 0 spiro atoms. The van der Waals surface area contributed by atoms with E-state index < -0.39 is 11.9 Å². The van der Waals surface area contributed by atoms with Gasteiger partial charge >= 0.3 is 12.0 Å². The van der Waals surface area contributed by atoms with Crippen LogP contribution in [0.5, 0.6) is 0 Å². The van der Waals surface area contributed by atoms with Gasteiger partial charge in [0.05, 0.1) is 18.2 Å². The highest BCUT2D eigenvalue weighted by molar-refractivity contribution is 5.77. The molecule has 2 atom stereocenters. The van der Waals surface area contributed by atoms with Crippen molar-refractivity contribution in [3.05, 3.63) is 29.6 Å². The van der Waals surface area contributed by atoms with Gasteiger partial charge in [0.15, 0.2) is 0 Å². The molecule has 1 saturated heterocycles. The van der Waals surface area contributed by atoms with Crippen LogP contribution in [0.15, 0.2) is 18.2 Å². The fraction of sp³-hybridized carbons (Fsp3) is 0.500. The Hall–Kier alpha value is -2.11. The van der Waals surface area contributed by atoms with Crippen molar-refractivity contribution >= 4 is 12.0 Å². The Morgan fingerprint density at radius 3 is 2.80 bits per heavy atom. The van der Waals surface area contributed by atoms with Gasteiger partial charge in [-0.1, -0.05) is 13.0 Å². The summed E-state index contributed by atoms with van der Waals surface area (Å²) in [4.78, 5) is 28.9. The third-order valence-electron chi connectivity index (χ3n) is 3.58. The zero-order valence-electron chi connectivity index (χ0n) is 11.7. The van der Waals surface area contributed by atoms with Gasteiger partial charge in [-0.15, -0.1) is 0 Å². The summed E-state index contributed by atoms with van der Waals surface area (Å²) < 4.78 is 0. The van der Waals surface area contributed by atoms with E-state index >= 15 is 0 Å². The summed E-state index contributed by atoms with van der Waals surface area (Å²) in [5.74, 6) is -1.33. The number of carbonyl (C=O) groups is 2. The van der Waals surface area contributed by atoms with Gasteiger partial charge in [0, 0.05) is 18.8 Å². The number of pyridine rings is 1. The summed E-state index contributed by atoms with van der Waals surface area (Å²) >= 11 is 0. The molecule has 1 aromatic rings. The number of nitrogens with zero attached hydrogens (tertiary/aromatic N) is 2. The zero-order chi connectivity index (χ0) is 14.7. The third-order valence-corrected chi connectivity index (χ3v) is 3.58. The summed E-state index contributed by atoms with van der Waals surface area (Å²) in [6.45, 7) is 4.84. The average molecular weight is 277 g/mol. The maximum Gasteiger partial charge on any atom is 0.317 e. The highest BCUT2D eigenvalue weighted by atomic mass is 16.4. The fourth-order valence-corrected chi connectivity index (χ4v) is 2.43. The van der Waals surface area contributed by atoms with Crippen LogP contribution in [0.4, 0.5) is 4.79 Å². The van der Waals surface area contributed by atoms with Crippen molar-refractivity contribution < 1.29 is 14.7 Å². The number of nitrogens with one attached hydrogen (secondary N) is 1. The second-order valence-electron chi connectivity index (χ2n) is 5.26. The second kappa shape index (κ2) is 5.90. The van der Waals surface area contributed by atoms with E-state index in [1.165, 1.54) is 0 Å². The van der Waals surface area contributed by atoms with E-state index in [0.29, 0.717) is 13.1 Å². The minimum absolute atomic E-state index is 0.0182. The first-order valence-corrected chi connectivity index (χ1v) is 6.65. The molecule has 1 aromatic heterocycles. The molecule has 0 unspecified atom stereocenters. The average Bonchev–Trinajstić information content (AvgIpc) is 2.78. The molecule has 2 amide bonds. The Morgan fingerprint density at radius 1 is 1.45 bits per heavy atom. The van der Waals surface area contributed by atoms with E-state index in [0.717, 1.165) is 11.4 Å². The van der Waals surface area contributed by atoms with Crippen molar-refractivity contribution in [1.29, 1.82) is 0 Å². The lowest BCUT2D eigenvalue weighted by atomic mass is 9.99. The number of aryl methyl sites for hydroxylation is 1. The molecule has 0 aromatic carbocycles. The van der Waals surface area contributed by atoms with E-state index in [2.05, 4.69) is 10.3 Å². The van der Waals surface area contributed by atoms with Gasteiger partial charge in [-0.25, -0.2) is 4.79 Å². The van der Waals surface area contributed by atoms with Crippen molar-refractivity contribution in [2.24, 2.45) is 11.8 Å². The lowest BCUT2D eigenvalue weighted by molar-refractivity contribution is -0.142. The number of hydrogen-bond acceptors (Lipinski definition) is 3. The predicted octanol–water partition coefficient (Wildman–Crippen LogP) is 1.25. The van der Waals surface area contributed by atoms with Crippen molar-refractivity contribution in [2.75, 3.05) is 13.1 Å². The molecule has 2 rings (SSSR count). The molecule has 0 radical (unpaired) electrons. The van der Waals surface area contributed by atoms with E-state index in [1.54, 1.807) is 4.90 Å². The fourth-order valence-electron chi connectivity index (χ4n) is 2.43. The Balaban J connectivity index is 1.88. The first-order chi connectivity index (χ1) is 9.47. The van der Waals surface area contributed by atoms with Crippen LogP contribution in [-0.2, 0) is 11.3 Å². The first kappa shape index (κ1) is 14.3. The highest BCUT2D eigenvalue weighted by Crippen LogP contribution is 2.22. The Bertz CT molecular complexity index is 518. The van der Waals surface area contributed by atoms with E-state index in [9.17, 15) is 9.59 Å².